The van der Waals surface area contributed by atoms with Gasteiger partial charge in [-0.15, -0.1) is 0 Å². The highest BCUT2D eigenvalue weighted by Gasteiger charge is 2.53. The third kappa shape index (κ3) is 16.6. The van der Waals surface area contributed by atoms with E-state index >= 15 is 0 Å². The summed E-state index contributed by atoms with van der Waals surface area (Å²) in [5, 5.41) is 23.7. The van der Waals surface area contributed by atoms with Crippen molar-refractivity contribution in [2.24, 2.45) is 35.5 Å². The molecular weight excluding hydrogens is 1080 g/mol. The number of nitrogens with zero attached hydrogens (tertiary/aromatic N) is 6. The minimum atomic E-state index is -2.46. The van der Waals surface area contributed by atoms with Crippen molar-refractivity contribution >= 4 is 41.3 Å². The maximum Gasteiger partial charge on any atom is 0.410 e. The summed E-state index contributed by atoms with van der Waals surface area (Å²) in [6.45, 7) is 17.1. The number of piperidine rings is 1. The minimum Gasteiger partial charge on any atom is -0.460 e. The summed E-state index contributed by atoms with van der Waals surface area (Å²) in [5.74, 6) is -7.66. The summed E-state index contributed by atoms with van der Waals surface area (Å²) in [7, 11) is 6.66. The number of anilines is 1. The normalized spacial score (nSPS) is 36.0. The van der Waals surface area contributed by atoms with Gasteiger partial charge in [0.25, 0.3) is 11.7 Å². The quantitative estimate of drug-likeness (QED) is 0.153. The van der Waals surface area contributed by atoms with Gasteiger partial charge in [0, 0.05) is 109 Å². The molecular formula is C64H96N6O14. The maximum absolute atomic E-state index is 14.7. The van der Waals surface area contributed by atoms with E-state index in [4.69, 9.17) is 33.4 Å². The number of rotatable bonds is 8. The first-order valence-corrected chi connectivity index (χ1v) is 30.8. The van der Waals surface area contributed by atoms with Gasteiger partial charge in [0.2, 0.25) is 11.7 Å². The van der Waals surface area contributed by atoms with Crippen molar-refractivity contribution in [3.8, 4) is 0 Å². The average Bonchev–Trinajstić information content (AvgIpc) is 3.41. The van der Waals surface area contributed by atoms with E-state index in [0.29, 0.717) is 89.3 Å². The van der Waals surface area contributed by atoms with Crippen molar-refractivity contribution in [1.29, 1.82) is 0 Å². The molecule has 6 aliphatic rings. The number of ketones is 3. The van der Waals surface area contributed by atoms with Gasteiger partial charge in [-0.05, 0) is 114 Å². The van der Waals surface area contributed by atoms with Crippen LogP contribution in [0, 0.1) is 35.5 Å². The highest BCUT2D eigenvalue weighted by molar-refractivity contribution is 6.39. The molecule has 2 bridgehead atoms. The number of aliphatic hydroxyl groups is 2. The number of methoxy groups -OCH3 is 3. The number of carbonyl (C=O) groups is 6. The molecule has 1 aliphatic carbocycles. The molecule has 4 fully saturated rings. The van der Waals surface area contributed by atoms with Gasteiger partial charge in [0.15, 0.2) is 5.78 Å². The van der Waals surface area contributed by atoms with Crippen LogP contribution in [0.4, 0.5) is 10.7 Å². The molecule has 20 heteroatoms. The molecule has 466 valence electrons. The summed E-state index contributed by atoms with van der Waals surface area (Å²) in [6.07, 6.45) is 12.5. The van der Waals surface area contributed by atoms with Crippen LogP contribution in [0.15, 0.2) is 53.8 Å². The molecule has 1 aromatic rings. The average molecular weight is 1170 g/mol. The molecule has 0 unspecified atom stereocenters. The van der Waals surface area contributed by atoms with E-state index in [1.165, 1.54) is 12.0 Å². The fourth-order valence-corrected chi connectivity index (χ4v) is 13.1. The monoisotopic (exact) mass is 1170 g/mol. The van der Waals surface area contributed by atoms with Crippen LogP contribution in [0.3, 0.4) is 0 Å². The fourth-order valence-electron chi connectivity index (χ4n) is 13.1. The van der Waals surface area contributed by atoms with Crippen molar-refractivity contribution in [3.63, 3.8) is 0 Å². The summed E-state index contributed by atoms with van der Waals surface area (Å²) in [5.41, 5.74) is 3.08. The number of amides is 2. The van der Waals surface area contributed by atoms with Gasteiger partial charge in [-0.25, -0.2) is 19.6 Å². The van der Waals surface area contributed by atoms with E-state index in [9.17, 15) is 39.0 Å². The number of fused-ring (bicyclic) bond motifs is 4. The first-order chi connectivity index (χ1) is 40.0. The molecule has 15 atom stereocenters. The molecule has 20 nitrogen and oxygen atoms in total. The highest BCUT2D eigenvalue weighted by Crippen LogP contribution is 2.39. The summed E-state index contributed by atoms with van der Waals surface area (Å²) < 4.78 is 36.3. The Morgan fingerprint density at radius 3 is 2.31 bits per heavy atom. The Hall–Kier alpha value is -5.22. The molecule has 7 rings (SSSR count). The molecule has 0 aromatic carbocycles. The topological polar surface area (TPSA) is 237 Å². The van der Waals surface area contributed by atoms with Crippen LogP contribution in [0.1, 0.15) is 137 Å². The van der Waals surface area contributed by atoms with Crippen LogP contribution in [0.2, 0.25) is 0 Å². The van der Waals surface area contributed by atoms with Gasteiger partial charge in [-0.2, -0.15) is 0 Å². The molecule has 3 saturated heterocycles. The van der Waals surface area contributed by atoms with Crippen molar-refractivity contribution in [3.05, 3.63) is 65.1 Å². The van der Waals surface area contributed by atoms with Crippen LogP contribution in [0.25, 0.3) is 0 Å². The molecule has 0 spiro atoms. The standard InChI is InChI=1S/C64H96N6O14/c1-39-17-13-12-14-18-40(2)53(79-9)35-48-22-20-45(7)64(78,84-48)59(74)60(75)70-25-16-15-19-50(70)61(76)82-54(36-51(71)41(3)32-44(6)57(73)58(81-11)56(72)43(5)31-39)42(4)33-46-21-23-52(55(34-46)80-10)83-63(77)69-26-24-49-47(38-69)37-65-62(66-49)68-29-27-67(8)28-30-68/h12-14,17-18,32,37,39,41-43,45-46,48,50,52-55,57-58,73,78H,15-16,19-31,33-36,38H2,1-11H3/b14-12+,17-13+,40-18+,44-32+/t39-,41-,42-,43-,45-,46+,48+,50+,52-,53+,54+,55-,57-,58+,64-/m1/s1. The first kappa shape index (κ1) is 66.3. The molecule has 2 N–H and O–H groups in total. The fraction of sp³-hybridized carbons (Fsp3) is 0.719. The number of piperazine rings is 1. The number of aromatic nitrogens is 2. The van der Waals surface area contributed by atoms with Gasteiger partial charge in [0.05, 0.1) is 30.6 Å². The lowest BCUT2D eigenvalue weighted by molar-refractivity contribution is -0.265. The van der Waals surface area contributed by atoms with Crippen LogP contribution in [-0.2, 0) is 65.4 Å². The number of esters is 1. The van der Waals surface area contributed by atoms with Crippen molar-refractivity contribution in [2.75, 3.05) is 72.5 Å². The van der Waals surface area contributed by atoms with Crippen LogP contribution in [-0.4, -0.2) is 192 Å². The van der Waals surface area contributed by atoms with Crippen LogP contribution in [0.5, 0.6) is 0 Å². The molecule has 1 aromatic heterocycles. The Bertz CT molecular complexity index is 2580. The number of aliphatic hydroxyl groups excluding tert-OH is 1. The Labute approximate surface area is 497 Å². The first-order valence-electron chi connectivity index (χ1n) is 30.8. The smallest absolute Gasteiger partial charge is 0.410 e. The van der Waals surface area contributed by atoms with E-state index in [-0.39, 0.29) is 42.8 Å². The van der Waals surface area contributed by atoms with E-state index in [1.807, 2.05) is 64.3 Å². The zero-order valence-corrected chi connectivity index (χ0v) is 51.7. The van der Waals surface area contributed by atoms with E-state index in [0.717, 1.165) is 49.0 Å². The number of hydrogen-bond donors (Lipinski definition) is 2. The molecule has 1 saturated carbocycles. The second-order valence-electron chi connectivity index (χ2n) is 25.0. The molecule has 0 radical (unpaired) electrons. The third-order valence-electron chi connectivity index (χ3n) is 18.7. The Kier molecular flexibility index (Phi) is 24.0. The molecule has 2 amide bonds. The lowest BCUT2D eigenvalue weighted by Crippen LogP contribution is -2.61. The lowest BCUT2D eigenvalue weighted by atomic mass is 9.78. The number of carbonyl (C=O) groups excluding carboxylic acids is 6. The Balaban J connectivity index is 1.09. The number of likely N-dealkylation sites (N-methyl/N-ethyl adjacent to an activating group) is 1. The summed E-state index contributed by atoms with van der Waals surface area (Å²) in [4.78, 5) is 103. The summed E-state index contributed by atoms with van der Waals surface area (Å²) >= 11 is 0. The van der Waals surface area contributed by atoms with Crippen molar-refractivity contribution in [2.45, 2.75) is 193 Å². The lowest BCUT2D eigenvalue weighted by Gasteiger charge is -2.42. The predicted molar refractivity (Wildman–Crippen MR) is 315 cm³/mol. The Morgan fingerprint density at radius 2 is 1.60 bits per heavy atom. The van der Waals surface area contributed by atoms with E-state index in [1.54, 1.807) is 46.0 Å². The predicted octanol–water partition coefficient (Wildman–Crippen LogP) is 6.93. The van der Waals surface area contributed by atoms with E-state index in [2.05, 4.69) is 21.8 Å². The van der Waals surface area contributed by atoms with E-state index < -0.39 is 102 Å². The number of cyclic esters (lactones) is 1. The zero-order valence-electron chi connectivity index (χ0n) is 51.7. The molecule has 6 heterocycles. The van der Waals surface area contributed by atoms with Gasteiger partial charge < -0.3 is 58.2 Å². The maximum atomic E-state index is 14.7. The number of hydrogen-bond acceptors (Lipinski definition) is 18. The van der Waals surface area contributed by atoms with Crippen molar-refractivity contribution in [1.82, 2.24) is 24.7 Å². The van der Waals surface area contributed by atoms with Crippen molar-refractivity contribution < 1.29 is 67.4 Å². The SMILES string of the molecule is CO[C@H]1C[C@@H]2CC[C@@H](C)[C@@](O)(O2)C(=O)C(=O)N2CCCC[C@H]2C(=O)O[C@H]([C@H](C)C[C@@H]2CC[C@@H](OC(=O)N3CCc4nc(N5CCN(C)CC5)ncc4C3)[C@H](OC)C2)CC(=O)[C@H](C)/C=C(\C)[C@@H](O)[C@@H](OC)C(=O)[C@H](C)C[C@H](C)/C=C/C=C/C=C/1C. The van der Waals surface area contributed by atoms with Crippen LogP contribution >= 0.6 is 0 Å². The molecule has 84 heavy (non-hydrogen) atoms. The minimum absolute atomic E-state index is 0.00133. The second kappa shape index (κ2) is 30.4. The third-order valence-corrected chi connectivity index (χ3v) is 18.7. The van der Waals surface area contributed by atoms with Crippen LogP contribution < -0.4 is 4.90 Å². The summed E-state index contributed by atoms with van der Waals surface area (Å²) in [6, 6.07) is -1.19. The number of ether oxygens (including phenoxy) is 6. The highest BCUT2D eigenvalue weighted by atomic mass is 16.6. The number of allylic oxidation sites excluding steroid dienone is 6. The van der Waals surface area contributed by atoms with Gasteiger partial charge >= 0.3 is 12.1 Å². The van der Waals surface area contributed by atoms with Gasteiger partial charge in [-0.3, -0.25) is 19.2 Å². The Morgan fingerprint density at radius 1 is 0.845 bits per heavy atom. The zero-order chi connectivity index (χ0) is 61.0. The second-order valence-corrected chi connectivity index (χ2v) is 25.0. The number of Topliss-reactive ketones (excluding diaryl/α,β-unsaturated/α-hetero) is 3. The molecule has 5 aliphatic heterocycles. The van der Waals surface area contributed by atoms with Gasteiger partial charge in [-0.1, -0.05) is 71.1 Å². The largest absolute Gasteiger partial charge is 0.460 e. The van der Waals surface area contributed by atoms with Gasteiger partial charge in [0.1, 0.15) is 36.2 Å².